The molecule has 42 heavy (non-hydrogen) atoms. The molecule has 0 radical (unpaired) electrons. The first kappa shape index (κ1) is 41.5. The van der Waals surface area contributed by atoms with Crippen LogP contribution >= 0.6 is 0 Å². The molecule has 0 fully saturated rings. The van der Waals surface area contributed by atoms with E-state index in [1.54, 1.807) is 0 Å². The van der Waals surface area contributed by atoms with Crippen molar-refractivity contribution in [2.75, 3.05) is 0 Å². The molecule has 0 saturated heterocycles. The number of aliphatic carboxylic acids is 1. The third-order valence-electron chi connectivity index (χ3n) is 10.1. The van der Waals surface area contributed by atoms with E-state index in [0.29, 0.717) is 11.8 Å². The lowest BCUT2D eigenvalue weighted by Crippen LogP contribution is -2.16. The second kappa shape index (κ2) is 26.8. The van der Waals surface area contributed by atoms with Gasteiger partial charge in [-0.25, -0.2) is 0 Å². The maximum absolute atomic E-state index is 11.2. The maximum Gasteiger partial charge on any atom is 0.306 e. The highest BCUT2D eigenvalue weighted by molar-refractivity contribution is 5.69. The van der Waals surface area contributed by atoms with Crippen LogP contribution in [0, 0.1) is 47.3 Å². The minimum atomic E-state index is -0.653. The zero-order valence-corrected chi connectivity index (χ0v) is 30.5. The van der Waals surface area contributed by atoms with Crippen LogP contribution in [-0.2, 0) is 4.79 Å². The van der Waals surface area contributed by atoms with Crippen molar-refractivity contribution < 1.29 is 9.90 Å². The summed E-state index contributed by atoms with van der Waals surface area (Å²) in [6.07, 6.45) is 30.4. The van der Waals surface area contributed by atoms with E-state index >= 15 is 0 Å². The Morgan fingerprint density at radius 2 is 0.667 bits per heavy atom. The van der Waals surface area contributed by atoms with Crippen molar-refractivity contribution in [3.8, 4) is 0 Å². The number of carbonyl (C=O) groups is 1. The average Bonchev–Trinajstić information content (AvgIpc) is 2.87. The fraction of sp³-hybridized carbons (Fsp3) is 0.975. The van der Waals surface area contributed by atoms with Gasteiger partial charge in [-0.15, -0.1) is 0 Å². The van der Waals surface area contributed by atoms with Crippen molar-refractivity contribution in [1.82, 2.24) is 0 Å². The summed E-state index contributed by atoms with van der Waals surface area (Å²) in [5, 5.41) is 9.19. The Balaban J connectivity index is 3.85. The zero-order chi connectivity index (χ0) is 31.8. The molecule has 1 N–H and O–H groups in total. The van der Waals surface area contributed by atoms with Gasteiger partial charge in [0.05, 0.1) is 5.92 Å². The van der Waals surface area contributed by atoms with Crippen LogP contribution in [0.3, 0.4) is 0 Å². The third-order valence-corrected chi connectivity index (χ3v) is 10.1. The van der Waals surface area contributed by atoms with E-state index in [1.807, 2.05) is 6.92 Å². The van der Waals surface area contributed by atoms with Gasteiger partial charge in [0.2, 0.25) is 0 Å². The van der Waals surface area contributed by atoms with E-state index in [9.17, 15) is 9.90 Å². The molecule has 0 rings (SSSR count). The van der Waals surface area contributed by atoms with E-state index in [2.05, 4.69) is 55.4 Å². The van der Waals surface area contributed by atoms with Gasteiger partial charge in [0, 0.05) is 0 Å². The molecule has 0 aliphatic rings. The number of carboxylic acid groups (broad SMARTS) is 1. The Labute approximate surface area is 266 Å². The molecule has 0 bridgehead atoms. The van der Waals surface area contributed by atoms with E-state index in [0.717, 1.165) is 42.4 Å². The van der Waals surface area contributed by atoms with Crippen LogP contribution < -0.4 is 0 Å². The highest BCUT2D eigenvalue weighted by Crippen LogP contribution is 2.31. The van der Waals surface area contributed by atoms with Gasteiger partial charge in [-0.05, 0) is 86.4 Å². The lowest BCUT2D eigenvalue weighted by Gasteiger charge is -2.26. The Morgan fingerprint density at radius 3 is 0.976 bits per heavy atom. The van der Waals surface area contributed by atoms with Crippen molar-refractivity contribution in [2.24, 2.45) is 47.3 Å². The summed E-state index contributed by atoms with van der Waals surface area (Å²) >= 11 is 0. The molecular weight excluding hydrogens is 512 g/mol. The van der Waals surface area contributed by atoms with E-state index in [4.69, 9.17) is 0 Å². The van der Waals surface area contributed by atoms with Gasteiger partial charge in [0.15, 0.2) is 0 Å². The van der Waals surface area contributed by atoms with Crippen molar-refractivity contribution in [1.29, 1.82) is 0 Å². The summed E-state index contributed by atoms with van der Waals surface area (Å²) in [7, 11) is 0. The molecule has 0 heterocycles. The molecule has 0 spiro atoms. The first-order valence-corrected chi connectivity index (χ1v) is 19.2. The third kappa shape index (κ3) is 25.9. The minimum Gasteiger partial charge on any atom is -0.481 e. The number of hydrogen-bond donors (Lipinski definition) is 1. The molecule has 2 nitrogen and oxygen atoms in total. The van der Waals surface area contributed by atoms with Crippen molar-refractivity contribution >= 4 is 5.97 Å². The van der Waals surface area contributed by atoms with Crippen LogP contribution in [0.1, 0.15) is 204 Å². The lowest BCUT2D eigenvalue weighted by atomic mass is 9.80. The first-order valence-electron chi connectivity index (χ1n) is 19.2. The SMILES string of the molecule is CCCCCCCCCCCCCCCCC(C)CC(C)CC(C)CC(C)CC(C)CC(C)CC(C)CC(C)C(=O)O. The molecule has 8 atom stereocenters. The number of hydrogen-bond acceptors (Lipinski definition) is 1. The van der Waals surface area contributed by atoms with Gasteiger partial charge in [-0.2, -0.15) is 0 Å². The molecule has 8 unspecified atom stereocenters. The van der Waals surface area contributed by atoms with Gasteiger partial charge in [-0.3, -0.25) is 4.79 Å². The van der Waals surface area contributed by atoms with Crippen LogP contribution in [0.25, 0.3) is 0 Å². The molecule has 0 aromatic heterocycles. The highest BCUT2D eigenvalue weighted by atomic mass is 16.4. The Bertz CT molecular complexity index is 600. The van der Waals surface area contributed by atoms with Gasteiger partial charge < -0.3 is 5.11 Å². The monoisotopic (exact) mass is 593 g/mol. The second-order valence-corrected chi connectivity index (χ2v) is 16.0. The summed E-state index contributed by atoms with van der Waals surface area (Å²) in [6.45, 7) is 21.1. The van der Waals surface area contributed by atoms with Crippen molar-refractivity contribution in [3.05, 3.63) is 0 Å². The van der Waals surface area contributed by atoms with E-state index in [1.165, 1.54) is 128 Å². The Kier molecular flexibility index (Phi) is 26.5. The first-order chi connectivity index (χ1) is 19.9. The fourth-order valence-corrected chi connectivity index (χ4v) is 8.21. The van der Waals surface area contributed by atoms with Gasteiger partial charge >= 0.3 is 5.97 Å². The van der Waals surface area contributed by atoms with Crippen LogP contribution in [0.5, 0.6) is 0 Å². The molecule has 0 aliphatic heterocycles. The molecule has 252 valence electrons. The molecule has 2 heteroatoms. The summed E-state index contributed by atoms with van der Waals surface area (Å²) in [5.41, 5.74) is 0. The predicted octanol–water partition coefficient (Wildman–Crippen LogP) is 13.8. The second-order valence-electron chi connectivity index (χ2n) is 16.0. The Morgan fingerprint density at radius 1 is 0.405 bits per heavy atom. The van der Waals surface area contributed by atoms with Crippen LogP contribution in [0.2, 0.25) is 0 Å². The molecule has 0 amide bonds. The topological polar surface area (TPSA) is 37.3 Å². The van der Waals surface area contributed by atoms with E-state index in [-0.39, 0.29) is 5.92 Å². The molecular formula is C40H80O2. The number of carboxylic acids is 1. The molecule has 0 saturated carbocycles. The number of rotatable bonds is 30. The van der Waals surface area contributed by atoms with Crippen LogP contribution in [0.4, 0.5) is 0 Å². The van der Waals surface area contributed by atoms with Gasteiger partial charge in [0.25, 0.3) is 0 Å². The van der Waals surface area contributed by atoms with Crippen molar-refractivity contribution in [3.63, 3.8) is 0 Å². The fourth-order valence-electron chi connectivity index (χ4n) is 8.21. The standard InChI is InChI=1S/C40H80O2/c1-10-11-12-13-14-15-16-17-18-19-20-21-22-23-24-32(2)25-33(3)26-34(4)27-35(5)28-36(6)29-37(7)30-38(8)31-39(9)40(41)42/h32-39H,10-31H2,1-9H3,(H,41,42). The number of unbranched alkanes of at least 4 members (excludes halogenated alkanes) is 13. The summed E-state index contributed by atoms with van der Waals surface area (Å²) < 4.78 is 0. The molecule has 0 aromatic rings. The maximum atomic E-state index is 11.2. The lowest BCUT2D eigenvalue weighted by molar-refractivity contribution is -0.141. The summed E-state index contributed by atoms with van der Waals surface area (Å²) in [5.74, 6) is 4.41. The normalized spacial score (nSPS) is 17.7. The molecule has 0 aliphatic carbocycles. The Hall–Kier alpha value is -0.530. The van der Waals surface area contributed by atoms with Gasteiger partial charge in [0.1, 0.15) is 0 Å². The van der Waals surface area contributed by atoms with Gasteiger partial charge in [-0.1, -0.05) is 159 Å². The predicted molar refractivity (Wildman–Crippen MR) is 188 cm³/mol. The molecule has 0 aromatic carbocycles. The average molecular weight is 593 g/mol. The largest absolute Gasteiger partial charge is 0.481 e. The highest BCUT2D eigenvalue weighted by Gasteiger charge is 2.20. The summed E-state index contributed by atoms with van der Waals surface area (Å²) in [6, 6.07) is 0. The van der Waals surface area contributed by atoms with Crippen LogP contribution in [0.15, 0.2) is 0 Å². The van der Waals surface area contributed by atoms with Crippen LogP contribution in [-0.4, -0.2) is 11.1 Å². The smallest absolute Gasteiger partial charge is 0.306 e. The van der Waals surface area contributed by atoms with Crippen molar-refractivity contribution in [2.45, 2.75) is 204 Å². The summed E-state index contributed by atoms with van der Waals surface area (Å²) in [4.78, 5) is 11.2. The quantitative estimate of drug-likeness (QED) is 0.0842. The zero-order valence-electron chi connectivity index (χ0n) is 30.5. The minimum absolute atomic E-state index is 0.222. The van der Waals surface area contributed by atoms with E-state index < -0.39 is 5.97 Å².